The minimum atomic E-state index is 0.236. The van der Waals surface area contributed by atoms with Crippen LogP contribution in [0.4, 0.5) is 0 Å². The standard InChI is InChI=1S/C16H30N6O/c1-13-12-21(9-8-20(13)10-11-23)14(2)16-17-18-19-22(16)15-6-4-3-5-7-15/h13-15,23H,3-12H2,1-2H3/t13-,14-/m1/s1. The Bertz CT molecular complexity index is 487. The summed E-state index contributed by atoms with van der Waals surface area (Å²) in [6.07, 6.45) is 6.31. The predicted octanol–water partition coefficient (Wildman–Crippen LogP) is 1.24. The molecular formula is C16H30N6O. The van der Waals surface area contributed by atoms with Gasteiger partial charge in [-0.25, -0.2) is 4.68 Å². The molecule has 0 amide bonds. The smallest absolute Gasteiger partial charge is 0.168 e. The first-order valence-electron chi connectivity index (χ1n) is 9.07. The van der Waals surface area contributed by atoms with E-state index in [-0.39, 0.29) is 12.6 Å². The number of nitrogens with zero attached hydrogens (tertiary/aromatic N) is 6. The Morgan fingerprint density at radius 2 is 2.00 bits per heavy atom. The second kappa shape index (κ2) is 7.68. The van der Waals surface area contributed by atoms with Crippen LogP contribution in [0.5, 0.6) is 0 Å². The predicted molar refractivity (Wildman–Crippen MR) is 88.0 cm³/mol. The molecule has 2 aliphatic rings. The third-order valence-electron chi connectivity index (χ3n) is 5.54. The van der Waals surface area contributed by atoms with Crippen LogP contribution < -0.4 is 0 Å². The van der Waals surface area contributed by atoms with E-state index in [0.29, 0.717) is 12.1 Å². The summed E-state index contributed by atoms with van der Waals surface area (Å²) in [5, 5.41) is 21.8. The van der Waals surface area contributed by atoms with Crippen LogP contribution in [0.25, 0.3) is 0 Å². The topological polar surface area (TPSA) is 70.3 Å². The quantitative estimate of drug-likeness (QED) is 0.879. The summed E-state index contributed by atoms with van der Waals surface area (Å²) >= 11 is 0. The van der Waals surface area contributed by atoms with Gasteiger partial charge in [-0.05, 0) is 37.1 Å². The molecule has 2 atom stereocenters. The van der Waals surface area contributed by atoms with E-state index in [9.17, 15) is 0 Å². The molecule has 1 aliphatic heterocycles. The molecule has 7 heteroatoms. The number of rotatable bonds is 5. The van der Waals surface area contributed by atoms with Gasteiger partial charge in [0, 0.05) is 32.2 Å². The number of hydrogen-bond acceptors (Lipinski definition) is 6. The maximum Gasteiger partial charge on any atom is 0.168 e. The van der Waals surface area contributed by atoms with Crippen LogP contribution in [-0.4, -0.2) is 73.9 Å². The van der Waals surface area contributed by atoms with Crippen molar-refractivity contribution in [2.75, 3.05) is 32.8 Å². The molecule has 3 rings (SSSR count). The van der Waals surface area contributed by atoms with Gasteiger partial charge in [0.25, 0.3) is 0 Å². The van der Waals surface area contributed by atoms with Gasteiger partial charge in [-0.15, -0.1) is 5.10 Å². The Kier molecular flexibility index (Phi) is 5.61. The Hall–Kier alpha value is -1.05. The second-order valence-electron chi connectivity index (χ2n) is 7.05. The first-order valence-corrected chi connectivity index (χ1v) is 9.07. The van der Waals surface area contributed by atoms with Crippen molar-refractivity contribution in [3.05, 3.63) is 5.82 Å². The Balaban J connectivity index is 1.67. The average Bonchev–Trinajstić information content (AvgIpc) is 3.06. The van der Waals surface area contributed by atoms with Crippen molar-refractivity contribution in [2.24, 2.45) is 0 Å². The number of aromatic nitrogens is 4. The molecule has 1 N–H and O–H groups in total. The lowest BCUT2D eigenvalue weighted by molar-refractivity contribution is 0.0448. The minimum absolute atomic E-state index is 0.236. The Labute approximate surface area is 138 Å². The van der Waals surface area contributed by atoms with Crippen molar-refractivity contribution in [3.8, 4) is 0 Å². The van der Waals surface area contributed by atoms with E-state index in [1.807, 2.05) is 0 Å². The molecule has 0 bridgehead atoms. The van der Waals surface area contributed by atoms with Crippen LogP contribution in [0.3, 0.4) is 0 Å². The molecule has 2 heterocycles. The van der Waals surface area contributed by atoms with Crippen LogP contribution in [0.15, 0.2) is 0 Å². The van der Waals surface area contributed by atoms with Crippen molar-refractivity contribution < 1.29 is 5.11 Å². The first-order chi connectivity index (χ1) is 11.2. The van der Waals surface area contributed by atoms with E-state index in [1.54, 1.807) is 0 Å². The highest BCUT2D eigenvalue weighted by Crippen LogP contribution is 2.30. The molecule has 1 aliphatic carbocycles. The van der Waals surface area contributed by atoms with E-state index in [2.05, 4.69) is 43.9 Å². The van der Waals surface area contributed by atoms with Gasteiger partial charge in [0.1, 0.15) is 0 Å². The summed E-state index contributed by atoms with van der Waals surface area (Å²) in [5.41, 5.74) is 0. The number of aliphatic hydroxyl groups is 1. The van der Waals surface area contributed by atoms with Gasteiger partial charge in [0.2, 0.25) is 0 Å². The van der Waals surface area contributed by atoms with Crippen LogP contribution in [0, 0.1) is 0 Å². The maximum atomic E-state index is 9.16. The van der Waals surface area contributed by atoms with E-state index < -0.39 is 0 Å². The molecular weight excluding hydrogens is 292 g/mol. The molecule has 2 fully saturated rings. The number of aliphatic hydroxyl groups excluding tert-OH is 1. The van der Waals surface area contributed by atoms with Gasteiger partial charge >= 0.3 is 0 Å². The third-order valence-corrected chi connectivity index (χ3v) is 5.54. The number of tetrazole rings is 1. The highest BCUT2D eigenvalue weighted by atomic mass is 16.3. The third kappa shape index (κ3) is 3.72. The summed E-state index contributed by atoms with van der Waals surface area (Å²) in [5.74, 6) is 1.01. The van der Waals surface area contributed by atoms with Crippen molar-refractivity contribution in [2.45, 2.75) is 64.1 Å². The lowest BCUT2D eigenvalue weighted by Crippen LogP contribution is -2.53. The summed E-state index contributed by atoms with van der Waals surface area (Å²) in [6.45, 7) is 8.46. The SMILES string of the molecule is C[C@@H]1CN([C@H](C)c2nnnn2C2CCCCC2)CCN1CCO. The molecule has 23 heavy (non-hydrogen) atoms. The van der Waals surface area contributed by atoms with Gasteiger partial charge in [-0.3, -0.25) is 9.80 Å². The van der Waals surface area contributed by atoms with E-state index in [1.165, 1.54) is 32.1 Å². The van der Waals surface area contributed by atoms with Gasteiger partial charge in [0.05, 0.1) is 18.7 Å². The lowest BCUT2D eigenvalue weighted by atomic mass is 9.95. The van der Waals surface area contributed by atoms with Crippen LogP contribution in [0.2, 0.25) is 0 Å². The summed E-state index contributed by atoms with van der Waals surface area (Å²) in [7, 11) is 0. The molecule has 1 aromatic heterocycles. The van der Waals surface area contributed by atoms with Crippen molar-refractivity contribution in [3.63, 3.8) is 0 Å². The lowest BCUT2D eigenvalue weighted by Gasteiger charge is -2.42. The molecule has 0 radical (unpaired) electrons. The van der Waals surface area contributed by atoms with Gasteiger partial charge in [-0.1, -0.05) is 19.3 Å². The van der Waals surface area contributed by atoms with Gasteiger partial charge in [-0.2, -0.15) is 0 Å². The second-order valence-corrected chi connectivity index (χ2v) is 7.05. The molecule has 0 unspecified atom stereocenters. The highest BCUT2D eigenvalue weighted by Gasteiger charge is 2.30. The number of piperazine rings is 1. The average molecular weight is 322 g/mol. The minimum Gasteiger partial charge on any atom is -0.395 e. The summed E-state index contributed by atoms with van der Waals surface area (Å²) < 4.78 is 2.09. The number of hydrogen-bond donors (Lipinski definition) is 1. The summed E-state index contributed by atoms with van der Waals surface area (Å²) in [4.78, 5) is 4.83. The summed E-state index contributed by atoms with van der Waals surface area (Å²) in [6, 6.07) is 1.17. The molecule has 130 valence electrons. The highest BCUT2D eigenvalue weighted by molar-refractivity contribution is 4.96. The monoisotopic (exact) mass is 322 g/mol. The molecule has 1 aromatic rings. The normalized spacial score (nSPS) is 26.5. The van der Waals surface area contributed by atoms with Crippen LogP contribution in [0.1, 0.15) is 63.9 Å². The van der Waals surface area contributed by atoms with E-state index in [0.717, 1.165) is 32.0 Å². The van der Waals surface area contributed by atoms with Crippen LogP contribution >= 0.6 is 0 Å². The Morgan fingerprint density at radius 1 is 1.22 bits per heavy atom. The first kappa shape index (κ1) is 16.8. The van der Waals surface area contributed by atoms with Gasteiger partial charge < -0.3 is 5.11 Å². The molecule has 7 nitrogen and oxygen atoms in total. The van der Waals surface area contributed by atoms with E-state index >= 15 is 0 Å². The zero-order valence-electron chi connectivity index (χ0n) is 14.4. The van der Waals surface area contributed by atoms with Crippen molar-refractivity contribution >= 4 is 0 Å². The van der Waals surface area contributed by atoms with Crippen molar-refractivity contribution in [1.29, 1.82) is 0 Å². The fraction of sp³-hybridized carbons (Fsp3) is 0.938. The Morgan fingerprint density at radius 3 is 2.70 bits per heavy atom. The van der Waals surface area contributed by atoms with E-state index in [4.69, 9.17) is 5.11 Å². The molecule has 1 saturated carbocycles. The largest absolute Gasteiger partial charge is 0.395 e. The van der Waals surface area contributed by atoms with Crippen molar-refractivity contribution in [1.82, 2.24) is 30.0 Å². The fourth-order valence-electron chi connectivity index (χ4n) is 4.06. The number of β-amino-alcohol motifs (C(OH)–C–C–N with tert-alkyl or cyclic N) is 1. The zero-order chi connectivity index (χ0) is 16.2. The maximum absolute atomic E-state index is 9.16. The molecule has 1 saturated heterocycles. The molecule has 0 aromatic carbocycles. The van der Waals surface area contributed by atoms with Crippen LogP contribution in [-0.2, 0) is 0 Å². The fourth-order valence-corrected chi connectivity index (χ4v) is 4.06. The van der Waals surface area contributed by atoms with Gasteiger partial charge in [0.15, 0.2) is 5.82 Å². The zero-order valence-corrected chi connectivity index (χ0v) is 14.4. The molecule has 0 spiro atoms.